The van der Waals surface area contributed by atoms with Crippen LogP contribution in [0.5, 0.6) is 0 Å². The quantitative estimate of drug-likeness (QED) is 0.444. The van der Waals surface area contributed by atoms with E-state index in [0.717, 1.165) is 51.4 Å². The van der Waals surface area contributed by atoms with Gasteiger partial charge in [-0.3, -0.25) is 0 Å². The number of alkyl carbamates (subject to hydrolysis) is 2. The molecule has 0 aromatic heterocycles. The molecule has 0 radical (unpaired) electrons. The average molecular weight is 359 g/mol. The number of amides is 2. The Hall–Kier alpha value is -1.46. The van der Waals surface area contributed by atoms with Crippen LogP contribution in [0.2, 0.25) is 0 Å². The van der Waals surface area contributed by atoms with E-state index in [1.807, 2.05) is 0 Å². The minimum absolute atomic E-state index is 0.00627. The molecule has 0 aromatic carbocycles. The lowest BCUT2D eigenvalue weighted by atomic mass is 9.81. The molecule has 6 nitrogen and oxygen atoms in total. The predicted molar refractivity (Wildman–Crippen MR) is 101 cm³/mol. The fraction of sp³-hybridized carbons (Fsp3) is 0.895. The maximum atomic E-state index is 11.7. The first-order chi connectivity index (χ1) is 12.0. The third-order valence-electron chi connectivity index (χ3n) is 4.20. The van der Waals surface area contributed by atoms with Crippen molar-refractivity contribution in [3.05, 3.63) is 0 Å². The van der Waals surface area contributed by atoms with Crippen LogP contribution in [-0.4, -0.2) is 38.5 Å². The lowest BCUT2D eigenvalue weighted by molar-refractivity contribution is 0.136. The molecule has 1 unspecified atom stereocenters. The molecule has 0 saturated carbocycles. The minimum Gasteiger partial charge on any atom is -0.450 e. The van der Waals surface area contributed by atoms with E-state index in [9.17, 15) is 9.59 Å². The lowest BCUT2D eigenvalue weighted by Crippen LogP contribution is -2.37. The molecule has 0 aromatic rings. The molecule has 25 heavy (non-hydrogen) atoms. The van der Waals surface area contributed by atoms with E-state index in [1.165, 1.54) is 0 Å². The summed E-state index contributed by atoms with van der Waals surface area (Å²) in [6, 6.07) is 0. The first-order valence-electron chi connectivity index (χ1n) is 9.78. The van der Waals surface area contributed by atoms with Gasteiger partial charge in [0.05, 0.1) is 13.2 Å². The number of carbonyl (C=O) groups is 2. The molecule has 0 rings (SSSR count). The topological polar surface area (TPSA) is 76.7 Å². The summed E-state index contributed by atoms with van der Waals surface area (Å²) in [5, 5.41) is 5.66. The van der Waals surface area contributed by atoms with Gasteiger partial charge in [-0.05, 0) is 37.5 Å². The van der Waals surface area contributed by atoms with Gasteiger partial charge in [-0.2, -0.15) is 0 Å². The van der Waals surface area contributed by atoms with E-state index in [0.29, 0.717) is 26.3 Å². The summed E-state index contributed by atoms with van der Waals surface area (Å²) in [5.74, 6) is 0. The third-order valence-corrected chi connectivity index (χ3v) is 4.20. The molecule has 2 amide bonds. The highest BCUT2D eigenvalue weighted by Crippen LogP contribution is 2.28. The highest BCUT2D eigenvalue weighted by molar-refractivity contribution is 5.67. The second kappa shape index (κ2) is 14.8. The lowest BCUT2D eigenvalue weighted by Gasteiger charge is -2.29. The zero-order valence-electron chi connectivity index (χ0n) is 16.6. The second-order valence-electron chi connectivity index (χ2n) is 6.92. The fourth-order valence-corrected chi connectivity index (χ4v) is 2.62. The van der Waals surface area contributed by atoms with Crippen molar-refractivity contribution in [2.24, 2.45) is 5.41 Å². The zero-order chi connectivity index (χ0) is 19.0. The summed E-state index contributed by atoms with van der Waals surface area (Å²) < 4.78 is 10.2. The number of hydrogen-bond acceptors (Lipinski definition) is 4. The number of nitrogens with one attached hydrogen (secondary N) is 2. The van der Waals surface area contributed by atoms with Gasteiger partial charge in [-0.15, -0.1) is 0 Å². The summed E-state index contributed by atoms with van der Waals surface area (Å²) in [7, 11) is 0. The van der Waals surface area contributed by atoms with Crippen LogP contribution in [-0.2, 0) is 9.47 Å². The van der Waals surface area contributed by atoms with Crippen molar-refractivity contribution in [2.45, 2.75) is 79.1 Å². The Bertz CT molecular complexity index is 363. The van der Waals surface area contributed by atoms with Gasteiger partial charge in [-0.25, -0.2) is 9.59 Å². The van der Waals surface area contributed by atoms with Crippen molar-refractivity contribution < 1.29 is 19.1 Å². The second-order valence-corrected chi connectivity index (χ2v) is 6.92. The normalized spacial score (nSPS) is 13.0. The number of hydrogen-bond donors (Lipinski definition) is 2. The van der Waals surface area contributed by atoms with Crippen LogP contribution in [0.25, 0.3) is 0 Å². The van der Waals surface area contributed by atoms with Crippen LogP contribution in [0.15, 0.2) is 0 Å². The maximum absolute atomic E-state index is 11.7. The highest BCUT2D eigenvalue weighted by atomic mass is 16.6. The van der Waals surface area contributed by atoms with Gasteiger partial charge in [-0.1, -0.05) is 47.0 Å². The summed E-state index contributed by atoms with van der Waals surface area (Å²) in [6.45, 7) is 10.6. The van der Waals surface area contributed by atoms with Crippen molar-refractivity contribution >= 4 is 12.2 Å². The number of ether oxygens (including phenoxy) is 2. The SMILES string of the molecule is CCCCOC(=O)NCCCC(C)(CCC)CNC(=O)OCCCC. The molecule has 0 aliphatic heterocycles. The van der Waals surface area contributed by atoms with E-state index >= 15 is 0 Å². The molecule has 0 saturated heterocycles. The Morgan fingerprint density at radius 3 is 1.88 bits per heavy atom. The molecular weight excluding hydrogens is 320 g/mol. The van der Waals surface area contributed by atoms with Gasteiger partial charge >= 0.3 is 12.2 Å². The predicted octanol–water partition coefficient (Wildman–Crippen LogP) is 4.63. The molecule has 0 fully saturated rings. The fourth-order valence-electron chi connectivity index (χ4n) is 2.62. The molecule has 0 aliphatic carbocycles. The number of carbonyl (C=O) groups excluding carboxylic acids is 2. The van der Waals surface area contributed by atoms with E-state index < -0.39 is 0 Å². The Morgan fingerprint density at radius 2 is 1.36 bits per heavy atom. The van der Waals surface area contributed by atoms with Gasteiger partial charge in [0.25, 0.3) is 0 Å². The van der Waals surface area contributed by atoms with Gasteiger partial charge in [0, 0.05) is 13.1 Å². The first kappa shape index (κ1) is 23.5. The molecular formula is C19H38N2O4. The molecule has 6 heteroatoms. The van der Waals surface area contributed by atoms with E-state index in [4.69, 9.17) is 9.47 Å². The van der Waals surface area contributed by atoms with Crippen molar-refractivity contribution in [3.8, 4) is 0 Å². The number of unbranched alkanes of at least 4 members (excludes halogenated alkanes) is 2. The van der Waals surface area contributed by atoms with Crippen molar-refractivity contribution in [1.82, 2.24) is 10.6 Å². The van der Waals surface area contributed by atoms with Crippen LogP contribution in [0.4, 0.5) is 9.59 Å². The van der Waals surface area contributed by atoms with Crippen LogP contribution < -0.4 is 10.6 Å². The van der Waals surface area contributed by atoms with Crippen LogP contribution in [0.3, 0.4) is 0 Å². The Balaban J connectivity index is 4.04. The molecule has 2 N–H and O–H groups in total. The Labute approximate surface area is 153 Å². The van der Waals surface area contributed by atoms with Crippen molar-refractivity contribution in [1.29, 1.82) is 0 Å². The standard InChI is InChI=1S/C19H38N2O4/c1-5-8-14-24-17(22)20-13-10-12-19(4,11-7-3)16-21-18(23)25-15-9-6-2/h5-16H2,1-4H3,(H,20,22)(H,21,23). The molecule has 148 valence electrons. The summed E-state index contributed by atoms with van der Waals surface area (Å²) >= 11 is 0. The monoisotopic (exact) mass is 358 g/mol. The molecule has 1 atom stereocenters. The van der Waals surface area contributed by atoms with Crippen LogP contribution in [0.1, 0.15) is 79.1 Å². The Morgan fingerprint density at radius 1 is 0.800 bits per heavy atom. The van der Waals surface area contributed by atoms with Crippen molar-refractivity contribution in [2.75, 3.05) is 26.3 Å². The van der Waals surface area contributed by atoms with Gasteiger partial charge < -0.3 is 20.1 Å². The molecule has 0 bridgehead atoms. The van der Waals surface area contributed by atoms with Gasteiger partial charge in [0.15, 0.2) is 0 Å². The van der Waals surface area contributed by atoms with Gasteiger partial charge in [0.1, 0.15) is 0 Å². The third kappa shape index (κ3) is 13.5. The molecule has 0 heterocycles. The number of rotatable bonds is 14. The minimum atomic E-state index is -0.344. The molecule has 0 spiro atoms. The Kier molecular flexibility index (Phi) is 14.0. The van der Waals surface area contributed by atoms with Crippen molar-refractivity contribution in [3.63, 3.8) is 0 Å². The van der Waals surface area contributed by atoms with Gasteiger partial charge in [0.2, 0.25) is 0 Å². The first-order valence-corrected chi connectivity index (χ1v) is 9.78. The van der Waals surface area contributed by atoms with E-state index in [2.05, 4.69) is 38.3 Å². The molecule has 0 aliphatic rings. The van der Waals surface area contributed by atoms with Crippen LogP contribution >= 0.6 is 0 Å². The summed E-state index contributed by atoms with van der Waals surface area (Å²) in [5.41, 5.74) is 0.00627. The highest BCUT2D eigenvalue weighted by Gasteiger charge is 2.24. The maximum Gasteiger partial charge on any atom is 0.407 e. The van der Waals surface area contributed by atoms with Crippen LogP contribution in [0, 0.1) is 5.41 Å². The van der Waals surface area contributed by atoms with E-state index in [1.54, 1.807) is 0 Å². The van der Waals surface area contributed by atoms with E-state index in [-0.39, 0.29) is 17.6 Å². The average Bonchev–Trinajstić information content (AvgIpc) is 2.58. The zero-order valence-corrected chi connectivity index (χ0v) is 16.6. The smallest absolute Gasteiger partial charge is 0.407 e. The summed E-state index contributed by atoms with van der Waals surface area (Å²) in [6.07, 6.45) is 6.96. The largest absolute Gasteiger partial charge is 0.450 e. The summed E-state index contributed by atoms with van der Waals surface area (Å²) in [4.78, 5) is 23.2.